The fourth-order valence-electron chi connectivity index (χ4n) is 2.92. The average molecular weight is 208 g/mol. The Hall–Kier alpha value is -0.340. The summed E-state index contributed by atoms with van der Waals surface area (Å²) < 4.78 is 0. The van der Waals surface area contributed by atoms with Crippen molar-refractivity contribution >= 4 is 0 Å². The van der Waals surface area contributed by atoms with Crippen LogP contribution in [0.3, 0.4) is 0 Å². The van der Waals surface area contributed by atoms with Crippen LogP contribution in [0.15, 0.2) is 12.7 Å². The number of hydrogen-bond donors (Lipinski definition) is 1. The predicted molar refractivity (Wildman–Crippen MR) is 65.0 cm³/mol. The molecule has 2 saturated heterocycles. The van der Waals surface area contributed by atoms with Gasteiger partial charge < -0.3 is 5.32 Å². The van der Waals surface area contributed by atoms with Crippen molar-refractivity contribution in [3.05, 3.63) is 12.7 Å². The number of piperidine rings is 2. The van der Waals surface area contributed by atoms with Crippen LogP contribution in [0.1, 0.15) is 32.1 Å². The topological polar surface area (TPSA) is 15.3 Å². The van der Waals surface area contributed by atoms with Gasteiger partial charge in [-0.25, -0.2) is 0 Å². The van der Waals surface area contributed by atoms with Gasteiger partial charge >= 0.3 is 0 Å². The summed E-state index contributed by atoms with van der Waals surface area (Å²) in [6, 6.07) is 0.653. The lowest BCUT2D eigenvalue weighted by Gasteiger charge is -2.37. The summed E-state index contributed by atoms with van der Waals surface area (Å²) >= 11 is 0. The molecular weight excluding hydrogens is 184 g/mol. The summed E-state index contributed by atoms with van der Waals surface area (Å²) in [5.41, 5.74) is 0. The maximum atomic E-state index is 3.97. The van der Waals surface area contributed by atoms with Gasteiger partial charge in [-0.05, 0) is 51.2 Å². The molecule has 2 heterocycles. The van der Waals surface area contributed by atoms with Gasteiger partial charge in [0.15, 0.2) is 0 Å². The molecule has 0 aromatic heterocycles. The third kappa shape index (κ3) is 3.05. The van der Waals surface area contributed by atoms with Crippen molar-refractivity contribution in [2.45, 2.75) is 38.1 Å². The summed E-state index contributed by atoms with van der Waals surface area (Å²) in [5, 5.41) is 3.50. The van der Waals surface area contributed by atoms with E-state index in [0.717, 1.165) is 5.92 Å². The third-order valence-corrected chi connectivity index (χ3v) is 3.83. The lowest BCUT2D eigenvalue weighted by atomic mass is 9.95. The molecule has 2 rings (SSSR count). The highest BCUT2D eigenvalue weighted by Gasteiger charge is 2.23. The standard InChI is InChI=1S/C13H24N2/c1-2-13-7-3-4-9-15(13)11-12-6-5-8-14-10-12/h2,12-14H,1,3-11H2. The summed E-state index contributed by atoms with van der Waals surface area (Å²) in [7, 11) is 0. The zero-order valence-electron chi connectivity index (χ0n) is 9.75. The fraction of sp³-hybridized carbons (Fsp3) is 0.846. The van der Waals surface area contributed by atoms with Crippen LogP contribution in [0.25, 0.3) is 0 Å². The van der Waals surface area contributed by atoms with Crippen LogP contribution in [0, 0.1) is 5.92 Å². The van der Waals surface area contributed by atoms with Crippen LogP contribution in [-0.4, -0.2) is 37.1 Å². The Morgan fingerprint density at radius 1 is 1.27 bits per heavy atom. The van der Waals surface area contributed by atoms with Crippen LogP contribution in [0.5, 0.6) is 0 Å². The van der Waals surface area contributed by atoms with E-state index in [4.69, 9.17) is 0 Å². The fourth-order valence-corrected chi connectivity index (χ4v) is 2.92. The van der Waals surface area contributed by atoms with Crippen LogP contribution in [0.2, 0.25) is 0 Å². The SMILES string of the molecule is C=CC1CCCCN1CC1CCCNC1. The second-order valence-corrected chi connectivity index (χ2v) is 5.01. The summed E-state index contributed by atoms with van der Waals surface area (Å²) in [6.07, 6.45) is 9.00. The molecule has 0 aromatic rings. The molecule has 0 radical (unpaired) electrons. The first-order chi connectivity index (χ1) is 7.40. The molecule has 0 bridgehead atoms. The van der Waals surface area contributed by atoms with E-state index in [1.165, 1.54) is 58.3 Å². The molecule has 2 aliphatic heterocycles. The van der Waals surface area contributed by atoms with Gasteiger partial charge in [-0.15, -0.1) is 6.58 Å². The molecule has 1 N–H and O–H groups in total. The van der Waals surface area contributed by atoms with Crippen LogP contribution in [0.4, 0.5) is 0 Å². The third-order valence-electron chi connectivity index (χ3n) is 3.83. The number of nitrogens with zero attached hydrogens (tertiary/aromatic N) is 1. The van der Waals surface area contributed by atoms with Crippen molar-refractivity contribution in [1.29, 1.82) is 0 Å². The van der Waals surface area contributed by atoms with Gasteiger partial charge in [-0.1, -0.05) is 12.5 Å². The molecule has 86 valence electrons. The first kappa shape index (κ1) is 11.2. The van der Waals surface area contributed by atoms with Gasteiger partial charge in [-0.2, -0.15) is 0 Å². The zero-order chi connectivity index (χ0) is 10.5. The lowest BCUT2D eigenvalue weighted by molar-refractivity contribution is 0.142. The van der Waals surface area contributed by atoms with Gasteiger partial charge in [0, 0.05) is 12.6 Å². The van der Waals surface area contributed by atoms with Gasteiger partial charge in [0.05, 0.1) is 0 Å². The average Bonchev–Trinajstić information content (AvgIpc) is 2.31. The molecule has 2 nitrogen and oxygen atoms in total. The summed E-state index contributed by atoms with van der Waals surface area (Å²) in [6.45, 7) is 8.98. The molecule has 0 spiro atoms. The smallest absolute Gasteiger partial charge is 0.0275 e. The number of rotatable bonds is 3. The first-order valence-electron chi connectivity index (χ1n) is 6.47. The van der Waals surface area contributed by atoms with Crippen molar-refractivity contribution in [3.8, 4) is 0 Å². The minimum atomic E-state index is 0.653. The second-order valence-electron chi connectivity index (χ2n) is 5.01. The molecule has 2 fully saturated rings. The number of nitrogens with one attached hydrogen (secondary N) is 1. The van der Waals surface area contributed by atoms with Crippen LogP contribution in [-0.2, 0) is 0 Å². The summed E-state index contributed by atoms with van der Waals surface area (Å²) in [4.78, 5) is 2.65. The minimum Gasteiger partial charge on any atom is -0.316 e. The monoisotopic (exact) mass is 208 g/mol. The van der Waals surface area contributed by atoms with Crippen molar-refractivity contribution < 1.29 is 0 Å². The predicted octanol–water partition coefficient (Wildman–Crippen LogP) is 2.03. The van der Waals surface area contributed by atoms with E-state index in [1.54, 1.807) is 0 Å². The van der Waals surface area contributed by atoms with Crippen molar-refractivity contribution in [2.75, 3.05) is 26.2 Å². The largest absolute Gasteiger partial charge is 0.316 e. The minimum absolute atomic E-state index is 0.653. The van der Waals surface area contributed by atoms with Crippen LogP contribution < -0.4 is 5.32 Å². The van der Waals surface area contributed by atoms with E-state index in [0.29, 0.717) is 6.04 Å². The number of hydrogen-bond acceptors (Lipinski definition) is 2. The van der Waals surface area contributed by atoms with Crippen molar-refractivity contribution in [1.82, 2.24) is 10.2 Å². The van der Waals surface area contributed by atoms with Gasteiger partial charge in [0.1, 0.15) is 0 Å². The molecule has 2 aliphatic rings. The Balaban J connectivity index is 1.82. The maximum Gasteiger partial charge on any atom is 0.0275 e. The summed E-state index contributed by atoms with van der Waals surface area (Å²) in [5.74, 6) is 0.874. The van der Waals surface area contributed by atoms with Crippen molar-refractivity contribution in [3.63, 3.8) is 0 Å². The molecule has 2 atom stereocenters. The van der Waals surface area contributed by atoms with Crippen molar-refractivity contribution in [2.24, 2.45) is 5.92 Å². The van der Waals surface area contributed by atoms with E-state index in [-0.39, 0.29) is 0 Å². The second kappa shape index (κ2) is 5.66. The Morgan fingerprint density at radius 2 is 2.20 bits per heavy atom. The maximum absolute atomic E-state index is 3.97. The Kier molecular flexibility index (Phi) is 4.21. The Bertz CT molecular complexity index is 197. The van der Waals surface area contributed by atoms with Gasteiger partial charge in [0.2, 0.25) is 0 Å². The van der Waals surface area contributed by atoms with Crippen LogP contribution >= 0.6 is 0 Å². The highest BCUT2D eigenvalue weighted by Crippen LogP contribution is 2.21. The van der Waals surface area contributed by atoms with E-state index in [1.807, 2.05) is 0 Å². The molecule has 0 aromatic carbocycles. The Morgan fingerprint density at radius 3 is 2.93 bits per heavy atom. The molecular formula is C13H24N2. The van der Waals surface area contributed by atoms with Gasteiger partial charge in [0.25, 0.3) is 0 Å². The Labute approximate surface area is 93.7 Å². The molecule has 0 amide bonds. The highest BCUT2D eigenvalue weighted by molar-refractivity contribution is 4.91. The molecule has 2 unspecified atom stereocenters. The zero-order valence-corrected chi connectivity index (χ0v) is 9.75. The first-order valence-corrected chi connectivity index (χ1v) is 6.47. The van der Waals surface area contributed by atoms with E-state index >= 15 is 0 Å². The van der Waals surface area contributed by atoms with E-state index in [2.05, 4.69) is 22.9 Å². The highest BCUT2D eigenvalue weighted by atomic mass is 15.2. The van der Waals surface area contributed by atoms with Gasteiger partial charge in [-0.3, -0.25) is 4.90 Å². The quantitative estimate of drug-likeness (QED) is 0.714. The van der Waals surface area contributed by atoms with E-state index < -0.39 is 0 Å². The number of likely N-dealkylation sites (tertiary alicyclic amines) is 1. The molecule has 0 aliphatic carbocycles. The molecule has 15 heavy (non-hydrogen) atoms. The normalized spacial score (nSPS) is 33.9. The van der Waals surface area contributed by atoms with E-state index in [9.17, 15) is 0 Å². The molecule has 0 saturated carbocycles. The lowest BCUT2D eigenvalue weighted by Crippen LogP contribution is -2.44. The molecule has 2 heteroatoms.